The summed E-state index contributed by atoms with van der Waals surface area (Å²) in [6.45, 7) is 3.80. The van der Waals surface area contributed by atoms with Gasteiger partial charge in [0.25, 0.3) is 5.92 Å². The monoisotopic (exact) mass is 345 g/mol. The van der Waals surface area contributed by atoms with Gasteiger partial charge in [-0.25, -0.2) is 8.78 Å². The second kappa shape index (κ2) is 5.72. The third-order valence-corrected chi connectivity index (χ3v) is 5.53. The highest BCUT2D eigenvalue weighted by molar-refractivity contribution is 6.27. The Bertz CT molecular complexity index is 614. The van der Waals surface area contributed by atoms with E-state index in [4.69, 9.17) is 11.6 Å². The number of halogens is 3. The molecule has 1 aromatic heterocycles. The fraction of sp³-hybridized carbons (Fsp3) is 0.750. The molecule has 1 atom stereocenters. The highest BCUT2D eigenvalue weighted by atomic mass is 35.5. The van der Waals surface area contributed by atoms with Gasteiger partial charge in [0.2, 0.25) is 5.91 Å². The molecule has 2 aliphatic rings. The molecule has 0 aliphatic heterocycles. The van der Waals surface area contributed by atoms with Crippen LogP contribution in [0.3, 0.4) is 0 Å². The van der Waals surface area contributed by atoms with Gasteiger partial charge in [0, 0.05) is 30.8 Å². The third-order valence-electron chi connectivity index (χ3n) is 5.31. The molecule has 0 spiro atoms. The van der Waals surface area contributed by atoms with E-state index in [1.54, 1.807) is 6.20 Å². The Balaban J connectivity index is 1.74. The van der Waals surface area contributed by atoms with Crippen molar-refractivity contribution >= 4 is 17.5 Å². The van der Waals surface area contributed by atoms with Crippen molar-refractivity contribution in [2.45, 2.75) is 58.0 Å². The second-order valence-electron chi connectivity index (χ2n) is 7.11. The molecule has 2 fully saturated rings. The smallest absolute Gasteiger partial charge is 0.256 e. The average Bonchev–Trinajstić information content (AvgIpc) is 2.73. The summed E-state index contributed by atoms with van der Waals surface area (Å²) in [5.74, 6) is -3.20. The lowest BCUT2D eigenvalue weighted by Gasteiger charge is -2.28. The van der Waals surface area contributed by atoms with E-state index in [0.717, 1.165) is 24.1 Å². The lowest BCUT2D eigenvalue weighted by molar-refractivity contribution is -0.130. The molecule has 0 aromatic carbocycles. The van der Waals surface area contributed by atoms with Crippen LogP contribution in [0.25, 0.3) is 0 Å². The summed E-state index contributed by atoms with van der Waals surface area (Å²) in [6.07, 6.45) is 5.03. The van der Waals surface area contributed by atoms with Crippen LogP contribution in [0.4, 0.5) is 8.78 Å². The van der Waals surface area contributed by atoms with Gasteiger partial charge in [-0.1, -0.05) is 6.92 Å². The van der Waals surface area contributed by atoms with E-state index >= 15 is 0 Å². The van der Waals surface area contributed by atoms with Crippen LogP contribution in [0.2, 0.25) is 0 Å². The molecule has 1 unspecified atom stereocenters. The molecule has 2 saturated carbocycles. The first-order valence-corrected chi connectivity index (χ1v) is 8.55. The summed E-state index contributed by atoms with van der Waals surface area (Å²) >= 11 is 5.66. The van der Waals surface area contributed by atoms with Gasteiger partial charge in [-0.15, -0.1) is 11.6 Å². The van der Waals surface area contributed by atoms with Crippen molar-refractivity contribution in [2.24, 2.45) is 5.41 Å². The molecule has 1 amide bonds. The third kappa shape index (κ3) is 2.97. The predicted molar refractivity (Wildman–Crippen MR) is 83.7 cm³/mol. The number of nitrogens with zero attached hydrogens (tertiary/aromatic N) is 3. The van der Waals surface area contributed by atoms with Crippen LogP contribution in [0.1, 0.15) is 49.9 Å². The number of carbonyl (C=O) groups is 1. The van der Waals surface area contributed by atoms with Crippen LogP contribution in [0, 0.1) is 12.3 Å². The van der Waals surface area contributed by atoms with Gasteiger partial charge in [0.15, 0.2) is 0 Å². The fourth-order valence-corrected chi connectivity index (χ4v) is 3.34. The van der Waals surface area contributed by atoms with E-state index in [-0.39, 0.29) is 31.3 Å². The quantitative estimate of drug-likeness (QED) is 0.740. The minimum absolute atomic E-state index is 0.0274. The van der Waals surface area contributed by atoms with Crippen molar-refractivity contribution in [2.75, 3.05) is 12.4 Å². The van der Waals surface area contributed by atoms with E-state index in [1.165, 1.54) is 18.2 Å². The fourth-order valence-electron chi connectivity index (χ4n) is 3.17. The van der Waals surface area contributed by atoms with Gasteiger partial charge < -0.3 is 4.90 Å². The van der Waals surface area contributed by atoms with Crippen molar-refractivity contribution < 1.29 is 13.6 Å². The molecule has 3 rings (SSSR count). The highest BCUT2D eigenvalue weighted by Crippen LogP contribution is 2.60. The number of amides is 1. The maximum atomic E-state index is 13.5. The van der Waals surface area contributed by atoms with Crippen molar-refractivity contribution in [1.82, 2.24) is 14.7 Å². The molecule has 0 radical (unpaired) electrons. The Morgan fingerprint density at radius 1 is 1.52 bits per heavy atom. The Morgan fingerprint density at radius 2 is 2.17 bits per heavy atom. The molecule has 4 nitrogen and oxygen atoms in total. The van der Waals surface area contributed by atoms with Crippen molar-refractivity contribution in [3.05, 3.63) is 17.5 Å². The Kier molecular flexibility index (Phi) is 4.15. The maximum Gasteiger partial charge on any atom is 0.256 e. The summed E-state index contributed by atoms with van der Waals surface area (Å²) < 4.78 is 29.0. The van der Waals surface area contributed by atoms with E-state index in [0.29, 0.717) is 6.04 Å². The zero-order valence-electron chi connectivity index (χ0n) is 13.5. The van der Waals surface area contributed by atoms with Crippen LogP contribution in [0.5, 0.6) is 0 Å². The standard InChI is InChI=1S/C16H22ClF2N3O/c1-11-12(7-20-22(11)13-4-3-5-13)8-21(14(23)6-17)10-15(2)9-16(15,18)19/h7,13H,3-6,8-10H2,1-2H3. The van der Waals surface area contributed by atoms with E-state index in [1.807, 2.05) is 11.6 Å². The summed E-state index contributed by atoms with van der Waals surface area (Å²) in [5, 5.41) is 4.41. The lowest BCUT2D eigenvalue weighted by Crippen LogP contribution is -2.37. The SMILES string of the molecule is Cc1c(CN(CC2(C)CC2(F)F)C(=O)CCl)cnn1C1CCC1. The van der Waals surface area contributed by atoms with Crippen LogP contribution < -0.4 is 0 Å². The molecule has 2 aliphatic carbocycles. The second-order valence-corrected chi connectivity index (χ2v) is 7.38. The van der Waals surface area contributed by atoms with Crippen LogP contribution in [-0.2, 0) is 11.3 Å². The topological polar surface area (TPSA) is 38.1 Å². The largest absolute Gasteiger partial charge is 0.336 e. The number of carbonyl (C=O) groups excluding carboxylic acids is 1. The molecule has 7 heteroatoms. The first-order valence-electron chi connectivity index (χ1n) is 8.02. The predicted octanol–water partition coefficient (Wildman–Crippen LogP) is 3.53. The molecule has 0 saturated heterocycles. The Morgan fingerprint density at radius 3 is 2.65 bits per heavy atom. The number of hydrogen-bond donors (Lipinski definition) is 0. The van der Waals surface area contributed by atoms with E-state index in [9.17, 15) is 13.6 Å². The number of aromatic nitrogens is 2. The summed E-state index contributed by atoms with van der Waals surface area (Å²) in [5.41, 5.74) is 0.782. The van der Waals surface area contributed by atoms with Crippen LogP contribution >= 0.6 is 11.6 Å². The lowest BCUT2D eigenvalue weighted by atomic mass is 9.93. The Hall–Kier alpha value is -1.17. The van der Waals surface area contributed by atoms with Gasteiger partial charge in [-0.3, -0.25) is 9.48 Å². The Labute approximate surface area is 139 Å². The molecular formula is C16H22ClF2N3O. The number of alkyl halides is 3. The minimum atomic E-state index is -2.69. The molecule has 128 valence electrons. The van der Waals surface area contributed by atoms with Gasteiger partial charge in [0.1, 0.15) is 5.88 Å². The molecule has 1 aromatic rings. The normalized spacial score (nSPS) is 26.0. The summed E-state index contributed by atoms with van der Waals surface area (Å²) in [4.78, 5) is 13.5. The minimum Gasteiger partial charge on any atom is -0.336 e. The zero-order chi connectivity index (χ0) is 16.8. The molecular weight excluding hydrogens is 324 g/mol. The molecule has 1 heterocycles. The first-order chi connectivity index (χ1) is 10.8. The summed E-state index contributed by atoms with van der Waals surface area (Å²) in [7, 11) is 0. The van der Waals surface area contributed by atoms with Crippen molar-refractivity contribution in [3.63, 3.8) is 0 Å². The first kappa shape index (κ1) is 16.7. The van der Waals surface area contributed by atoms with Gasteiger partial charge in [-0.05, 0) is 26.2 Å². The zero-order valence-corrected chi connectivity index (χ0v) is 14.2. The van der Waals surface area contributed by atoms with E-state index < -0.39 is 11.3 Å². The molecule has 0 bridgehead atoms. The molecule has 0 N–H and O–H groups in total. The molecule has 23 heavy (non-hydrogen) atoms. The van der Waals surface area contributed by atoms with Crippen LogP contribution in [-0.4, -0.2) is 38.9 Å². The van der Waals surface area contributed by atoms with E-state index in [2.05, 4.69) is 5.10 Å². The number of hydrogen-bond acceptors (Lipinski definition) is 2. The number of rotatable bonds is 6. The van der Waals surface area contributed by atoms with Crippen LogP contribution in [0.15, 0.2) is 6.20 Å². The van der Waals surface area contributed by atoms with Gasteiger partial charge in [0.05, 0.1) is 17.7 Å². The van der Waals surface area contributed by atoms with Gasteiger partial charge in [-0.2, -0.15) is 5.10 Å². The van der Waals surface area contributed by atoms with Crippen molar-refractivity contribution in [3.8, 4) is 0 Å². The summed E-state index contributed by atoms with van der Waals surface area (Å²) in [6, 6.07) is 0.436. The van der Waals surface area contributed by atoms with Gasteiger partial charge >= 0.3 is 0 Å². The highest BCUT2D eigenvalue weighted by Gasteiger charge is 2.68. The van der Waals surface area contributed by atoms with Crippen molar-refractivity contribution in [1.29, 1.82) is 0 Å². The maximum absolute atomic E-state index is 13.5. The average molecular weight is 346 g/mol.